The summed E-state index contributed by atoms with van der Waals surface area (Å²) in [6.45, 7) is 4.36. The lowest BCUT2D eigenvalue weighted by Gasteiger charge is -2.05. The fourth-order valence-electron chi connectivity index (χ4n) is 1.76. The summed E-state index contributed by atoms with van der Waals surface area (Å²) >= 11 is 0. The molecule has 0 fully saturated rings. The maximum atomic E-state index is 12.0. The van der Waals surface area contributed by atoms with Crippen LogP contribution in [0.5, 0.6) is 0 Å². The maximum absolute atomic E-state index is 12.0. The van der Waals surface area contributed by atoms with E-state index in [0.717, 1.165) is 17.0 Å². The molecule has 2 aromatic rings. The monoisotopic (exact) mass is 296 g/mol. The predicted molar refractivity (Wildman–Crippen MR) is 76.5 cm³/mol. The van der Waals surface area contributed by atoms with E-state index < -0.39 is 0 Å². The van der Waals surface area contributed by atoms with Crippen molar-refractivity contribution < 1.29 is 9.32 Å². The van der Waals surface area contributed by atoms with E-state index in [9.17, 15) is 4.79 Å². The van der Waals surface area contributed by atoms with Gasteiger partial charge in [-0.1, -0.05) is 5.16 Å². The normalized spacial score (nSPS) is 9.95. The van der Waals surface area contributed by atoms with Gasteiger partial charge in [0.05, 0.1) is 11.4 Å². The number of aryl methyl sites for hydroxylation is 2. The first kappa shape index (κ1) is 16.1. The number of nitrogens with one attached hydrogen (secondary N) is 1. The molecule has 0 radical (unpaired) electrons. The summed E-state index contributed by atoms with van der Waals surface area (Å²) in [5.41, 5.74) is 8.42. The second-order valence-electron chi connectivity index (χ2n) is 4.23. The van der Waals surface area contributed by atoms with Gasteiger partial charge in [-0.05, 0) is 26.0 Å². The topological polar surface area (TPSA) is 94.0 Å². The van der Waals surface area contributed by atoms with Crippen LogP contribution in [0, 0.1) is 13.8 Å². The lowest BCUT2D eigenvalue weighted by atomic mass is 10.2. The highest BCUT2D eigenvalue weighted by Crippen LogP contribution is 2.12. The second kappa shape index (κ2) is 7.02. The Balaban J connectivity index is 0.00000200. The molecule has 108 valence electrons. The van der Waals surface area contributed by atoms with Crippen molar-refractivity contribution in [3.05, 3.63) is 46.6 Å². The van der Waals surface area contributed by atoms with E-state index >= 15 is 0 Å². The standard InChI is InChI=1S/C13H16N4O2.ClH/c1-8-12(9(2)19-17-8)7-16-13(18)10-3-4-15-11(5-10)6-14;/h3-5H,6-7,14H2,1-2H3,(H,16,18);1H. The molecule has 2 rings (SSSR count). The Kier molecular flexibility index (Phi) is 5.66. The van der Waals surface area contributed by atoms with Gasteiger partial charge in [-0.15, -0.1) is 12.4 Å². The summed E-state index contributed by atoms with van der Waals surface area (Å²) in [6.07, 6.45) is 1.58. The Morgan fingerprint density at radius 2 is 2.20 bits per heavy atom. The van der Waals surface area contributed by atoms with Crippen LogP contribution in [0.15, 0.2) is 22.9 Å². The number of hydrogen-bond donors (Lipinski definition) is 2. The van der Waals surface area contributed by atoms with Crippen molar-refractivity contribution in [2.45, 2.75) is 26.9 Å². The Labute approximate surface area is 123 Å². The van der Waals surface area contributed by atoms with Gasteiger partial charge in [-0.3, -0.25) is 9.78 Å². The molecule has 0 saturated carbocycles. The lowest BCUT2D eigenvalue weighted by Crippen LogP contribution is -2.23. The minimum Gasteiger partial charge on any atom is -0.361 e. The van der Waals surface area contributed by atoms with Crippen molar-refractivity contribution >= 4 is 18.3 Å². The van der Waals surface area contributed by atoms with Crippen molar-refractivity contribution in [1.82, 2.24) is 15.5 Å². The van der Waals surface area contributed by atoms with Crippen LogP contribution in [0.1, 0.15) is 33.1 Å². The van der Waals surface area contributed by atoms with Crippen molar-refractivity contribution in [3.8, 4) is 0 Å². The fourth-order valence-corrected chi connectivity index (χ4v) is 1.76. The number of rotatable bonds is 4. The summed E-state index contributed by atoms with van der Waals surface area (Å²) in [6, 6.07) is 3.34. The largest absolute Gasteiger partial charge is 0.361 e. The molecular formula is C13H17ClN4O2. The zero-order valence-electron chi connectivity index (χ0n) is 11.3. The third-order valence-corrected chi connectivity index (χ3v) is 2.89. The minimum atomic E-state index is -0.169. The van der Waals surface area contributed by atoms with Crippen LogP contribution in [0.2, 0.25) is 0 Å². The van der Waals surface area contributed by atoms with E-state index in [1.54, 1.807) is 18.3 Å². The third kappa shape index (κ3) is 3.55. The van der Waals surface area contributed by atoms with E-state index in [4.69, 9.17) is 10.3 Å². The smallest absolute Gasteiger partial charge is 0.251 e. The van der Waals surface area contributed by atoms with Gasteiger partial charge in [-0.25, -0.2) is 0 Å². The van der Waals surface area contributed by atoms with Crippen molar-refractivity contribution in [2.24, 2.45) is 5.73 Å². The highest BCUT2D eigenvalue weighted by atomic mass is 35.5. The quantitative estimate of drug-likeness (QED) is 0.891. The molecular weight excluding hydrogens is 280 g/mol. The first-order chi connectivity index (χ1) is 9.11. The number of aromatic nitrogens is 2. The molecule has 1 amide bonds. The first-order valence-corrected chi connectivity index (χ1v) is 5.96. The molecule has 0 atom stereocenters. The molecule has 20 heavy (non-hydrogen) atoms. The number of nitrogens with zero attached hydrogens (tertiary/aromatic N) is 2. The Hall–Kier alpha value is -1.92. The van der Waals surface area contributed by atoms with Gasteiger partial charge in [0.15, 0.2) is 0 Å². The lowest BCUT2D eigenvalue weighted by molar-refractivity contribution is 0.0950. The van der Waals surface area contributed by atoms with Crippen LogP contribution < -0.4 is 11.1 Å². The van der Waals surface area contributed by atoms with E-state index in [1.807, 2.05) is 13.8 Å². The number of amides is 1. The van der Waals surface area contributed by atoms with Crippen LogP contribution in [-0.4, -0.2) is 16.0 Å². The summed E-state index contributed by atoms with van der Waals surface area (Å²) in [7, 11) is 0. The van der Waals surface area contributed by atoms with Crippen LogP contribution >= 0.6 is 12.4 Å². The SMILES string of the molecule is Cc1noc(C)c1CNC(=O)c1ccnc(CN)c1.Cl. The molecule has 7 heteroatoms. The van der Waals surface area contributed by atoms with Crippen LogP contribution in [0.4, 0.5) is 0 Å². The number of pyridine rings is 1. The predicted octanol–water partition coefficient (Wildman–Crippen LogP) is 1.50. The van der Waals surface area contributed by atoms with E-state index in [0.29, 0.717) is 24.3 Å². The van der Waals surface area contributed by atoms with Gasteiger partial charge in [-0.2, -0.15) is 0 Å². The third-order valence-electron chi connectivity index (χ3n) is 2.89. The van der Waals surface area contributed by atoms with Gasteiger partial charge in [0.1, 0.15) is 5.76 Å². The van der Waals surface area contributed by atoms with Crippen molar-refractivity contribution in [2.75, 3.05) is 0 Å². The molecule has 6 nitrogen and oxygen atoms in total. The number of hydrogen-bond acceptors (Lipinski definition) is 5. The molecule has 0 aromatic carbocycles. The zero-order valence-corrected chi connectivity index (χ0v) is 12.2. The molecule has 2 heterocycles. The highest BCUT2D eigenvalue weighted by molar-refractivity contribution is 5.94. The summed E-state index contributed by atoms with van der Waals surface area (Å²) < 4.78 is 5.04. The van der Waals surface area contributed by atoms with E-state index in [-0.39, 0.29) is 18.3 Å². The number of halogens is 1. The van der Waals surface area contributed by atoms with Gasteiger partial charge in [0, 0.05) is 30.4 Å². The minimum absolute atomic E-state index is 0. The number of carbonyl (C=O) groups excluding carboxylic acids is 1. The molecule has 0 spiro atoms. The second-order valence-corrected chi connectivity index (χ2v) is 4.23. The molecule has 0 unspecified atom stereocenters. The maximum Gasteiger partial charge on any atom is 0.251 e. The molecule has 3 N–H and O–H groups in total. The van der Waals surface area contributed by atoms with Crippen molar-refractivity contribution in [1.29, 1.82) is 0 Å². The van der Waals surface area contributed by atoms with Crippen LogP contribution in [-0.2, 0) is 13.1 Å². The molecule has 0 aliphatic carbocycles. The van der Waals surface area contributed by atoms with Crippen LogP contribution in [0.25, 0.3) is 0 Å². The van der Waals surface area contributed by atoms with Crippen LogP contribution in [0.3, 0.4) is 0 Å². The molecule has 0 aliphatic rings. The van der Waals surface area contributed by atoms with E-state index in [1.165, 1.54) is 0 Å². The average molecular weight is 297 g/mol. The number of carbonyl (C=O) groups is 1. The van der Waals surface area contributed by atoms with E-state index in [2.05, 4.69) is 15.5 Å². The average Bonchev–Trinajstić information content (AvgIpc) is 2.75. The molecule has 0 aliphatic heterocycles. The Bertz CT molecular complexity index is 578. The molecule has 0 bridgehead atoms. The summed E-state index contributed by atoms with van der Waals surface area (Å²) in [5.74, 6) is 0.548. The fraction of sp³-hybridized carbons (Fsp3) is 0.308. The van der Waals surface area contributed by atoms with Gasteiger partial charge in [0.25, 0.3) is 5.91 Å². The summed E-state index contributed by atoms with van der Waals surface area (Å²) in [4.78, 5) is 16.0. The Morgan fingerprint density at radius 3 is 2.80 bits per heavy atom. The van der Waals surface area contributed by atoms with Gasteiger partial charge >= 0.3 is 0 Å². The van der Waals surface area contributed by atoms with Crippen molar-refractivity contribution in [3.63, 3.8) is 0 Å². The van der Waals surface area contributed by atoms with Gasteiger partial charge < -0.3 is 15.6 Å². The molecule has 0 saturated heterocycles. The molecule has 2 aromatic heterocycles. The summed E-state index contributed by atoms with van der Waals surface area (Å²) in [5, 5.41) is 6.67. The Morgan fingerprint density at radius 1 is 1.45 bits per heavy atom. The first-order valence-electron chi connectivity index (χ1n) is 5.96. The zero-order chi connectivity index (χ0) is 13.8. The number of nitrogens with two attached hydrogens (primary N) is 1. The highest BCUT2D eigenvalue weighted by Gasteiger charge is 2.11. The van der Waals surface area contributed by atoms with Gasteiger partial charge in [0.2, 0.25) is 0 Å².